The van der Waals surface area contributed by atoms with Crippen LogP contribution < -0.4 is 11.1 Å². The number of hydrogen-bond donors (Lipinski definition) is 3. The molecule has 4 N–H and O–H groups in total. The first-order valence-corrected chi connectivity index (χ1v) is 5.55. The molecule has 0 amide bonds. The topological polar surface area (TPSA) is 70.6 Å². The summed E-state index contributed by atoms with van der Waals surface area (Å²) in [5, 5.41) is 14.9. The molecule has 0 radical (unpaired) electrons. The molecule has 0 aliphatic rings. The molecule has 0 saturated heterocycles. The fraction of sp³-hybridized carbons (Fsp3) is 0.417. The molecule has 0 fully saturated rings. The summed E-state index contributed by atoms with van der Waals surface area (Å²) in [5.74, 6) is 0.149. The maximum Gasteiger partial charge on any atom is 0.170 e. The number of unbranched alkanes of at least 4 members (excludes halogenated alkanes) is 1. The van der Waals surface area contributed by atoms with Gasteiger partial charge in [0.25, 0.3) is 0 Å². The van der Waals surface area contributed by atoms with Gasteiger partial charge < -0.3 is 16.3 Å². The highest BCUT2D eigenvalue weighted by Crippen LogP contribution is 2.04. The van der Waals surface area contributed by atoms with Crippen LogP contribution in [0.2, 0.25) is 0 Å². The molecular weight excluding hydrogens is 202 g/mol. The van der Waals surface area contributed by atoms with Gasteiger partial charge >= 0.3 is 0 Å². The zero-order valence-corrected chi connectivity index (χ0v) is 9.61. The molecule has 0 atom stereocenters. The van der Waals surface area contributed by atoms with Crippen molar-refractivity contribution in [1.82, 2.24) is 5.32 Å². The van der Waals surface area contributed by atoms with E-state index in [-0.39, 0.29) is 5.84 Å². The second-order valence-corrected chi connectivity index (χ2v) is 3.72. The smallest absolute Gasteiger partial charge is 0.170 e. The van der Waals surface area contributed by atoms with E-state index in [0.717, 1.165) is 24.2 Å². The Morgan fingerprint density at radius 2 is 2.31 bits per heavy atom. The molecule has 88 valence electrons. The van der Waals surface area contributed by atoms with Gasteiger partial charge in [-0.05, 0) is 24.6 Å². The van der Waals surface area contributed by atoms with Gasteiger partial charge in [0.15, 0.2) is 5.84 Å². The summed E-state index contributed by atoms with van der Waals surface area (Å²) in [5.41, 5.74) is 7.41. The monoisotopic (exact) mass is 221 g/mol. The van der Waals surface area contributed by atoms with E-state index < -0.39 is 0 Å². The van der Waals surface area contributed by atoms with Gasteiger partial charge in [-0.3, -0.25) is 0 Å². The number of hydrogen-bond acceptors (Lipinski definition) is 3. The van der Waals surface area contributed by atoms with E-state index in [1.54, 1.807) is 0 Å². The number of benzene rings is 1. The normalized spacial score (nSPS) is 11.7. The summed E-state index contributed by atoms with van der Waals surface area (Å²) < 4.78 is 0. The minimum Gasteiger partial charge on any atom is -0.409 e. The Morgan fingerprint density at radius 1 is 1.50 bits per heavy atom. The predicted molar refractivity (Wildman–Crippen MR) is 65.6 cm³/mol. The van der Waals surface area contributed by atoms with Crippen LogP contribution in [0.1, 0.15) is 30.9 Å². The molecule has 0 heterocycles. The Hall–Kier alpha value is -1.55. The second-order valence-electron chi connectivity index (χ2n) is 3.72. The van der Waals surface area contributed by atoms with Crippen LogP contribution in [0.15, 0.2) is 29.4 Å². The molecule has 0 bridgehead atoms. The van der Waals surface area contributed by atoms with Gasteiger partial charge in [-0.2, -0.15) is 0 Å². The maximum atomic E-state index is 8.57. The van der Waals surface area contributed by atoms with Crippen molar-refractivity contribution in [3.8, 4) is 0 Å². The Morgan fingerprint density at radius 3 is 3.00 bits per heavy atom. The molecule has 4 nitrogen and oxygen atoms in total. The van der Waals surface area contributed by atoms with Crippen molar-refractivity contribution < 1.29 is 5.21 Å². The highest BCUT2D eigenvalue weighted by atomic mass is 16.4. The van der Waals surface area contributed by atoms with Crippen molar-refractivity contribution in [2.45, 2.75) is 26.3 Å². The summed E-state index contributed by atoms with van der Waals surface area (Å²) >= 11 is 0. The zero-order valence-electron chi connectivity index (χ0n) is 9.61. The van der Waals surface area contributed by atoms with E-state index >= 15 is 0 Å². The SMILES string of the molecule is CCCCNCc1cccc(C(N)=NO)c1. The van der Waals surface area contributed by atoms with Gasteiger partial charge in [0.1, 0.15) is 0 Å². The molecule has 1 aromatic rings. The standard InChI is InChI=1S/C12H19N3O/c1-2-3-7-14-9-10-5-4-6-11(8-10)12(13)15-16/h4-6,8,14,16H,2-3,7,9H2,1H3,(H2,13,15). The van der Waals surface area contributed by atoms with Crippen LogP contribution in [0.25, 0.3) is 0 Å². The van der Waals surface area contributed by atoms with Crippen molar-refractivity contribution in [2.75, 3.05) is 6.54 Å². The van der Waals surface area contributed by atoms with Crippen LogP contribution in [0.4, 0.5) is 0 Å². The van der Waals surface area contributed by atoms with Gasteiger partial charge in [-0.15, -0.1) is 0 Å². The molecule has 0 saturated carbocycles. The van der Waals surface area contributed by atoms with Crippen molar-refractivity contribution >= 4 is 5.84 Å². The van der Waals surface area contributed by atoms with Crippen LogP contribution in [-0.2, 0) is 6.54 Å². The molecule has 0 unspecified atom stereocenters. The van der Waals surface area contributed by atoms with Crippen molar-refractivity contribution in [3.63, 3.8) is 0 Å². The van der Waals surface area contributed by atoms with Crippen LogP contribution >= 0.6 is 0 Å². The van der Waals surface area contributed by atoms with Gasteiger partial charge in [0.2, 0.25) is 0 Å². The molecule has 16 heavy (non-hydrogen) atoms. The van der Waals surface area contributed by atoms with E-state index in [9.17, 15) is 0 Å². The van der Waals surface area contributed by atoms with Crippen LogP contribution in [-0.4, -0.2) is 17.6 Å². The predicted octanol–water partition coefficient (Wildman–Crippen LogP) is 1.67. The lowest BCUT2D eigenvalue weighted by Gasteiger charge is -2.05. The fourth-order valence-electron chi connectivity index (χ4n) is 1.43. The summed E-state index contributed by atoms with van der Waals surface area (Å²) in [4.78, 5) is 0. The third kappa shape index (κ3) is 3.90. The van der Waals surface area contributed by atoms with Gasteiger partial charge in [-0.1, -0.05) is 36.7 Å². The minimum atomic E-state index is 0.149. The second kappa shape index (κ2) is 6.85. The van der Waals surface area contributed by atoms with Crippen molar-refractivity contribution in [1.29, 1.82) is 0 Å². The number of nitrogens with one attached hydrogen (secondary N) is 1. The molecule has 0 aliphatic heterocycles. The van der Waals surface area contributed by atoms with E-state index in [2.05, 4.69) is 17.4 Å². The summed E-state index contributed by atoms with van der Waals surface area (Å²) in [6.07, 6.45) is 2.37. The lowest BCUT2D eigenvalue weighted by atomic mass is 10.1. The Bertz CT molecular complexity index is 350. The molecular formula is C12H19N3O. The van der Waals surface area contributed by atoms with Gasteiger partial charge in [0.05, 0.1) is 0 Å². The maximum absolute atomic E-state index is 8.57. The summed E-state index contributed by atoms with van der Waals surface area (Å²) in [7, 11) is 0. The van der Waals surface area contributed by atoms with Crippen molar-refractivity contribution in [3.05, 3.63) is 35.4 Å². The van der Waals surface area contributed by atoms with Crippen LogP contribution in [0, 0.1) is 0 Å². The highest BCUT2D eigenvalue weighted by Gasteiger charge is 1.99. The number of amidine groups is 1. The zero-order chi connectivity index (χ0) is 11.8. The van der Waals surface area contributed by atoms with E-state index in [1.165, 1.54) is 12.8 Å². The lowest BCUT2D eigenvalue weighted by Crippen LogP contribution is -2.16. The van der Waals surface area contributed by atoms with E-state index in [1.807, 2.05) is 24.3 Å². The first-order chi connectivity index (χ1) is 7.77. The highest BCUT2D eigenvalue weighted by molar-refractivity contribution is 5.97. The number of rotatable bonds is 6. The van der Waals surface area contributed by atoms with Crippen LogP contribution in [0.3, 0.4) is 0 Å². The average Bonchev–Trinajstić information content (AvgIpc) is 2.34. The first kappa shape index (κ1) is 12.5. The van der Waals surface area contributed by atoms with E-state index in [4.69, 9.17) is 10.9 Å². The average molecular weight is 221 g/mol. The lowest BCUT2D eigenvalue weighted by molar-refractivity contribution is 0.318. The van der Waals surface area contributed by atoms with Crippen molar-refractivity contribution in [2.24, 2.45) is 10.9 Å². The largest absolute Gasteiger partial charge is 0.409 e. The summed E-state index contributed by atoms with van der Waals surface area (Å²) in [6, 6.07) is 7.68. The third-order valence-corrected chi connectivity index (χ3v) is 2.37. The number of nitrogens with two attached hydrogens (primary N) is 1. The minimum absolute atomic E-state index is 0.149. The first-order valence-electron chi connectivity index (χ1n) is 5.55. The molecule has 1 rings (SSSR count). The van der Waals surface area contributed by atoms with Crippen LogP contribution in [0.5, 0.6) is 0 Å². The van der Waals surface area contributed by atoms with Gasteiger partial charge in [-0.25, -0.2) is 0 Å². The fourth-order valence-corrected chi connectivity index (χ4v) is 1.43. The van der Waals surface area contributed by atoms with Gasteiger partial charge in [0, 0.05) is 12.1 Å². The number of nitrogens with zero attached hydrogens (tertiary/aromatic N) is 1. The molecule has 0 spiro atoms. The quantitative estimate of drug-likeness (QED) is 0.225. The van der Waals surface area contributed by atoms with E-state index in [0.29, 0.717) is 0 Å². The molecule has 1 aromatic carbocycles. The summed E-state index contributed by atoms with van der Waals surface area (Å²) in [6.45, 7) is 4.00. The molecule has 0 aromatic heterocycles. The Balaban J connectivity index is 2.54. The Kier molecular flexibility index (Phi) is 5.36. The molecule has 4 heteroatoms. The Labute approximate surface area is 96.2 Å². The number of oxime groups is 1. The third-order valence-electron chi connectivity index (χ3n) is 2.37. The molecule has 0 aliphatic carbocycles.